The highest BCUT2D eigenvalue weighted by Crippen LogP contribution is 2.33. The number of hydrogen-bond donors (Lipinski definition) is 1. The highest BCUT2D eigenvalue weighted by molar-refractivity contribution is 5.92. The number of alkyl halides is 2. The fourth-order valence-electron chi connectivity index (χ4n) is 2.74. The molecule has 2 aromatic carbocycles. The summed E-state index contributed by atoms with van der Waals surface area (Å²) in [5, 5.41) is 2.83. The summed E-state index contributed by atoms with van der Waals surface area (Å²) < 4.78 is 40.3. The zero-order chi connectivity index (χ0) is 20.7. The lowest BCUT2D eigenvalue weighted by Crippen LogP contribution is -2.25. The molecule has 28 heavy (non-hydrogen) atoms. The van der Waals surface area contributed by atoms with Crippen LogP contribution in [0.15, 0.2) is 42.5 Å². The highest BCUT2D eigenvalue weighted by Gasteiger charge is 2.15. The van der Waals surface area contributed by atoms with Crippen LogP contribution in [-0.4, -0.2) is 26.7 Å². The van der Waals surface area contributed by atoms with Crippen LogP contribution in [0, 0.1) is 6.92 Å². The van der Waals surface area contributed by atoms with Gasteiger partial charge in [0.15, 0.2) is 11.5 Å². The van der Waals surface area contributed by atoms with Crippen molar-refractivity contribution in [1.82, 2.24) is 5.32 Å². The molecule has 1 atom stereocenters. The van der Waals surface area contributed by atoms with Gasteiger partial charge in [0.25, 0.3) is 0 Å². The average Bonchev–Trinajstić information content (AvgIpc) is 2.66. The Labute approximate surface area is 162 Å². The Kier molecular flexibility index (Phi) is 7.37. The van der Waals surface area contributed by atoms with E-state index in [1.807, 2.05) is 32.0 Å². The minimum absolute atomic E-state index is 0.127. The third kappa shape index (κ3) is 5.45. The van der Waals surface area contributed by atoms with E-state index < -0.39 is 6.61 Å². The average molecular weight is 391 g/mol. The van der Waals surface area contributed by atoms with Gasteiger partial charge < -0.3 is 19.5 Å². The van der Waals surface area contributed by atoms with Crippen molar-refractivity contribution in [3.05, 3.63) is 59.2 Å². The van der Waals surface area contributed by atoms with E-state index in [4.69, 9.17) is 9.47 Å². The van der Waals surface area contributed by atoms with Crippen LogP contribution in [0.4, 0.5) is 8.78 Å². The molecule has 150 valence electrons. The van der Waals surface area contributed by atoms with Crippen molar-refractivity contribution in [2.75, 3.05) is 14.2 Å². The number of nitrogens with one attached hydrogen (secondary N) is 1. The van der Waals surface area contributed by atoms with E-state index in [9.17, 15) is 13.6 Å². The smallest absolute Gasteiger partial charge is 0.387 e. The molecule has 0 unspecified atom stereocenters. The Morgan fingerprint density at radius 1 is 1.11 bits per heavy atom. The predicted molar refractivity (Wildman–Crippen MR) is 103 cm³/mol. The van der Waals surface area contributed by atoms with Crippen LogP contribution >= 0.6 is 0 Å². The van der Waals surface area contributed by atoms with Crippen molar-refractivity contribution in [2.45, 2.75) is 26.5 Å². The number of aryl methyl sites for hydroxylation is 1. The van der Waals surface area contributed by atoms with Gasteiger partial charge in [-0.1, -0.05) is 29.8 Å². The zero-order valence-corrected chi connectivity index (χ0v) is 16.2. The molecule has 2 aromatic rings. The van der Waals surface area contributed by atoms with E-state index in [0.717, 1.165) is 11.1 Å². The van der Waals surface area contributed by atoms with Crippen molar-refractivity contribution in [1.29, 1.82) is 0 Å². The maximum atomic E-state index is 12.7. The Balaban J connectivity index is 2.17. The summed E-state index contributed by atoms with van der Waals surface area (Å²) in [6, 6.07) is 10.1. The fraction of sp³-hybridized carbons (Fsp3) is 0.286. The standard InChI is InChI=1S/C21H23F2NO4/c1-13-8-10-17(26-3)16(12-13)14(2)24-19(25)11-9-15-6-5-7-18(27-4)20(15)28-21(22)23/h5-12,14,21H,1-4H3,(H,24,25)/b11-9+/t14-/m1/s1. The number of methoxy groups -OCH3 is 2. The summed E-state index contributed by atoms with van der Waals surface area (Å²) in [7, 11) is 2.92. The number of ether oxygens (including phenoxy) is 3. The monoisotopic (exact) mass is 391 g/mol. The minimum atomic E-state index is -3.01. The van der Waals surface area contributed by atoms with Crippen LogP contribution in [0.3, 0.4) is 0 Å². The summed E-state index contributed by atoms with van der Waals surface area (Å²) >= 11 is 0. The lowest BCUT2D eigenvalue weighted by atomic mass is 10.0. The Morgan fingerprint density at radius 2 is 1.82 bits per heavy atom. The Hall–Kier alpha value is -3.09. The first-order valence-corrected chi connectivity index (χ1v) is 8.60. The first kappa shape index (κ1) is 21.2. The quantitative estimate of drug-likeness (QED) is 0.673. The maximum absolute atomic E-state index is 12.7. The summed E-state index contributed by atoms with van der Waals surface area (Å²) in [4.78, 5) is 12.3. The molecule has 0 fully saturated rings. The predicted octanol–water partition coefficient (Wildman–Crippen LogP) is 4.50. The molecule has 0 aliphatic rings. The molecule has 2 rings (SSSR count). The van der Waals surface area contributed by atoms with E-state index in [0.29, 0.717) is 11.3 Å². The molecular formula is C21H23F2NO4. The van der Waals surface area contributed by atoms with Crippen LogP contribution in [0.25, 0.3) is 6.08 Å². The largest absolute Gasteiger partial charge is 0.496 e. The maximum Gasteiger partial charge on any atom is 0.387 e. The van der Waals surface area contributed by atoms with Crippen molar-refractivity contribution in [3.63, 3.8) is 0 Å². The molecule has 0 saturated heterocycles. The van der Waals surface area contributed by atoms with Crippen LogP contribution in [0.1, 0.15) is 29.7 Å². The van der Waals surface area contributed by atoms with Crippen LogP contribution in [-0.2, 0) is 4.79 Å². The summed E-state index contributed by atoms with van der Waals surface area (Å²) in [6.45, 7) is 0.774. The Bertz CT molecular complexity index is 852. The van der Waals surface area contributed by atoms with Gasteiger partial charge in [0.2, 0.25) is 5.91 Å². The first-order chi connectivity index (χ1) is 13.3. The molecule has 0 aliphatic carbocycles. The molecule has 0 heterocycles. The van der Waals surface area contributed by atoms with Gasteiger partial charge in [-0.05, 0) is 32.1 Å². The van der Waals surface area contributed by atoms with Crippen molar-refractivity contribution in [2.24, 2.45) is 0 Å². The van der Waals surface area contributed by atoms with Crippen LogP contribution in [0.5, 0.6) is 17.2 Å². The van der Waals surface area contributed by atoms with Crippen molar-refractivity contribution >= 4 is 12.0 Å². The number of benzene rings is 2. The summed E-state index contributed by atoms with van der Waals surface area (Å²) in [5.41, 5.74) is 2.18. The molecule has 0 bridgehead atoms. The third-order valence-corrected chi connectivity index (χ3v) is 4.06. The van der Waals surface area contributed by atoms with Crippen molar-refractivity contribution in [3.8, 4) is 17.2 Å². The Morgan fingerprint density at radius 3 is 2.46 bits per heavy atom. The molecule has 0 spiro atoms. The van der Waals surface area contributed by atoms with Crippen LogP contribution < -0.4 is 19.5 Å². The van der Waals surface area contributed by atoms with Gasteiger partial charge in [0, 0.05) is 17.2 Å². The number of carbonyl (C=O) groups excluding carboxylic acids is 1. The van der Waals surface area contributed by atoms with Gasteiger partial charge >= 0.3 is 6.61 Å². The number of amides is 1. The number of carbonyl (C=O) groups is 1. The van der Waals surface area contributed by atoms with Crippen LogP contribution in [0.2, 0.25) is 0 Å². The second-order valence-corrected chi connectivity index (χ2v) is 6.07. The normalized spacial score (nSPS) is 12.1. The number of halogens is 2. The topological polar surface area (TPSA) is 56.8 Å². The number of para-hydroxylation sites is 1. The molecule has 1 amide bonds. The lowest BCUT2D eigenvalue weighted by Gasteiger charge is -2.17. The fourth-order valence-corrected chi connectivity index (χ4v) is 2.74. The molecule has 0 radical (unpaired) electrons. The van der Waals surface area contributed by atoms with Gasteiger partial charge in [0.05, 0.1) is 20.3 Å². The summed E-state index contributed by atoms with van der Waals surface area (Å²) in [6.07, 6.45) is 2.65. The minimum Gasteiger partial charge on any atom is -0.496 e. The van der Waals surface area contributed by atoms with Gasteiger partial charge in [-0.2, -0.15) is 8.78 Å². The van der Waals surface area contributed by atoms with Gasteiger partial charge in [-0.25, -0.2) is 0 Å². The van der Waals surface area contributed by atoms with Crippen molar-refractivity contribution < 1.29 is 27.8 Å². The zero-order valence-electron chi connectivity index (χ0n) is 16.2. The van der Waals surface area contributed by atoms with E-state index in [1.165, 1.54) is 25.3 Å². The molecule has 1 N–H and O–H groups in total. The molecule has 7 heteroatoms. The SMILES string of the molecule is COc1ccc(C)cc1[C@@H](C)NC(=O)/C=C/c1cccc(OC)c1OC(F)F. The molecule has 0 aromatic heterocycles. The molecule has 0 aliphatic heterocycles. The number of rotatable bonds is 8. The van der Waals surface area contributed by atoms with E-state index in [1.54, 1.807) is 19.2 Å². The molecule has 5 nitrogen and oxygen atoms in total. The third-order valence-electron chi connectivity index (χ3n) is 4.06. The number of hydrogen-bond acceptors (Lipinski definition) is 4. The van der Waals surface area contributed by atoms with E-state index in [-0.39, 0.29) is 23.4 Å². The molecular weight excluding hydrogens is 368 g/mol. The highest BCUT2D eigenvalue weighted by atomic mass is 19.3. The summed E-state index contributed by atoms with van der Waals surface area (Å²) in [5.74, 6) is 0.308. The second kappa shape index (κ2) is 9.73. The lowest BCUT2D eigenvalue weighted by molar-refractivity contribution is -0.117. The van der Waals surface area contributed by atoms with E-state index >= 15 is 0 Å². The van der Waals surface area contributed by atoms with Gasteiger partial charge in [-0.15, -0.1) is 0 Å². The molecule has 0 saturated carbocycles. The second-order valence-electron chi connectivity index (χ2n) is 6.07. The first-order valence-electron chi connectivity index (χ1n) is 8.60. The van der Waals surface area contributed by atoms with Gasteiger partial charge in [0.1, 0.15) is 5.75 Å². The van der Waals surface area contributed by atoms with E-state index in [2.05, 4.69) is 10.1 Å². The van der Waals surface area contributed by atoms with Gasteiger partial charge in [-0.3, -0.25) is 4.79 Å².